The maximum absolute atomic E-state index is 5.36. The molecule has 0 aliphatic carbocycles. The van der Waals surface area contributed by atoms with Crippen LogP contribution in [0.25, 0.3) is 0 Å². The number of hydrogen-bond donors (Lipinski definition) is 2. The molecule has 0 aliphatic rings. The second-order valence-corrected chi connectivity index (χ2v) is 5.09. The average Bonchev–Trinajstić information content (AvgIpc) is 2.65. The summed E-state index contributed by atoms with van der Waals surface area (Å²) in [4.78, 5) is 8.59. The van der Waals surface area contributed by atoms with E-state index >= 15 is 0 Å². The molecule has 0 spiro atoms. The van der Waals surface area contributed by atoms with Gasteiger partial charge in [0.05, 0.1) is 26.5 Å². The number of pyridine rings is 1. The molecule has 1 heterocycles. The molecule has 0 aliphatic heterocycles. The number of benzene rings is 1. The Hall–Kier alpha value is -2.76. The van der Waals surface area contributed by atoms with E-state index in [1.165, 1.54) is 0 Å². The van der Waals surface area contributed by atoms with Crippen LogP contribution in [0.2, 0.25) is 0 Å². The van der Waals surface area contributed by atoms with E-state index in [4.69, 9.17) is 9.47 Å². The van der Waals surface area contributed by atoms with Crippen molar-refractivity contribution in [3.05, 3.63) is 53.7 Å². The molecule has 0 bridgehead atoms. The van der Waals surface area contributed by atoms with E-state index in [1.54, 1.807) is 21.3 Å². The van der Waals surface area contributed by atoms with Crippen molar-refractivity contribution in [2.24, 2.45) is 4.99 Å². The first-order valence-corrected chi connectivity index (χ1v) is 7.83. The molecule has 2 aromatic rings. The molecule has 0 radical (unpaired) electrons. The van der Waals surface area contributed by atoms with Gasteiger partial charge in [-0.05, 0) is 24.1 Å². The van der Waals surface area contributed by atoms with Crippen molar-refractivity contribution in [2.45, 2.75) is 13.0 Å². The van der Waals surface area contributed by atoms with Gasteiger partial charge in [-0.25, -0.2) is 4.98 Å². The van der Waals surface area contributed by atoms with Crippen LogP contribution in [-0.2, 0) is 13.0 Å². The van der Waals surface area contributed by atoms with Crippen LogP contribution in [0.3, 0.4) is 0 Å². The lowest BCUT2D eigenvalue weighted by Crippen LogP contribution is -2.38. The third-order valence-electron chi connectivity index (χ3n) is 3.53. The van der Waals surface area contributed by atoms with Crippen molar-refractivity contribution in [3.8, 4) is 11.6 Å². The number of para-hydroxylation sites is 1. The average molecular weight is 328 g/mol. The topological polar surface area (TPSA) is 67.8 Å². The Morgan fingerprint density at radius 1 is 1.04 bits per heavy atom. The Morgan fingerprint density at radius 2 is 1.88 bits per heavy atom. The molecule has 128 valence electrons. The van der Waals surface area contributed by atoms with Crippen LogP contribution >= 0.6 is 0 Å². The van der Waals surface area contributed by atoms with E-state index in [9.17, 15) is 0 Å². The summed E-state index contributed by atoms with van der Waals surface area (Å²) in [6.45, 7) is 1.33. The molecule has 6 heteroatoms. The molecule has 24 heavy (non-hydrogen) atoms. The third-order valence-corrected chi connectivity index (χ3v) is 3.53. The highest BCUT2D eigenvalue weighted by Gasteiger charge is 2.03. The van der Waals surface area contributed by atoms with Gasteiger partial charge in [0.1, 0.15) is 5.75 Å². The minimum atomic E-state index is 0.575. The largest absolute Gasteiger partial charge is 0.496 e. The van der Waals surface area contributed by atoms with Gasteiger partial charge < -0.3 is 20.1 Å². The minimum absolute atomic E-state index is 0.575. The highest BCUT2D eigenvalue weighted by atomic mass is 16.5. The summed E-state index contributed by atoms with van der Waals surface area (Å²) in [6.07, 6.45) is 0.849. The van der Waals surface area contributed by atoms with Crippen LogP contribution in [0.1, 0.15) is 11.3 Å². The van der Waals surface area contributed by atoms with Gasteiger partial charge in [0.15, 0.2) is 5.96 Å². The first kappa shape index (κ1) is 17.6. The van der Waals surface area contributed by atoms with Gasteiger partial charge in [0.2, 0.25) is 5.88 Å². The van der Waals surface area contributed by atoms with Crippen molar-refractivity contribution in [1.29, 1.82) is 0 Å². The highest BCUT2D eigenvalue weighted by molar-refractivity contribution is 5.79. The number of guanidine groups is 1. The van der Waals surface area contributed by atoms with Crippen molar-refractivity contribution < 1.29 is 9.47 Å². The molecule has 0 unspecified atom stereocenters. The molecule has 0 amide bonds. The summed E-state index contributed by atoms with van der Waals surface area (Å²) in [7, 11) is 5.04. The van der Waals surface area contributed by atoms with E-state index in [-0.39, 0.29) is 0 Å². The Bertz CT molecular complexity index is 674. The molecule has 0 fully saturated rings. The predicted octanol–water partition coefficient (Wildman–Crippen LogP) is 2.01. The number of hydrogen-bond acceptors (Lipinski definition) is 4. The second-order valence-electron chi connectivity index (χ2n) is 5.09. The number of ether oxygens (including phenoxy) is 2. The summed E-state index contributed by atoms with van der Waals surface area (Å²) in [6, 6.07) is 13.7. The van der Waals surface area contributed by atoms with Gasteiger partial charge in [-0.2, -0.15) is 0 Å². The van der Waals surface area contributed by atoms with Crippen LogP contribution < -0.4 is 20.1 Å². The van der Waals surface area contributed by atoms with Gasteiger partial charge in [-0.15, -0.1) is 0 Å². The summed E-state index contributed by atoms with van der Waals surface area (Å²) >= 11 is 0. The number of nitrogens with one attached hydrogen (secondary N) is 2. The number of methoxy groups -OCH3 is 2. The van der Waals surface area contributed by atoms with Crippen LogP contribution in [0.15, 0.2) is 47.5 Å². The zero-order valence-corrected chi connectivity index (χ0v) is 14.4. The van der Waals surface area contributed by atoms with Crippen LogP contribution in [0.5, 0.6) is 11.6 Å². The van der Waals surface area contributed by atoms with E-state index in [0.29, 0.717) is 12.4 Å². The summed E-state index contributed by atoms with van der Waals surface area (Å²) in [5.74, 6) is 2.24. The minimum Gasteiger partial charge on any atom is -0.496 e. The Morgan fingerprint density at radius 3 is 2.62 bits per heavy atom. The lowest BCUT2D eigenvalue weighted by atomic mass is 10.1. The molecule has 2 N–H and O–H groups in total. The Labute approximate surface area is 142 Å². The highest BCUT2D eigenvalue weighted by Crippen LogP contribution is 2.17. The van der Waals surface area contributed by atoms with Crippen LogP contribution in [0.4, 0.5) is 0 Å². The SMILES string of the molecule is CN=C(NCCc1ccccc1OC)NCc1cccc(OC)n1. The Kier molecular flexibility index (Phi) is 6.89. The van der Waals surface area contributed by atoms with Gasteiger partial charge in [-0.3, -0.25) is 4.99 Å². The predicted molar refractivity (Wildman–Crippen MR) is 95.7 cm³/mol. The lowest BCUT2D eigenvalue weighted by Gasteiger charge is -2.13. The summed E-state index contributed by atoms with van der Waals surface area (Å²) < 4.78 is 10.5. The second kappa shape index (κ2) is 9.39. The zero-order chi connectivity index (χ0) is 17.2. The maximum atomic E-state index is 5.36. The van der Waals surface area contributed by atoms with Gasteiger partial charge >= 0.3 is 0 Å². The molecule has 6 nitrogen and oxygen atoms in total. The first-order chi connectivity index (χ1) is 11.8. The fourth-order valence-corrected chi connectivity index (χ4v) is 2.29. The van der Waals surface area contributed by atoms with Gasteiger partial charge in [0.25, 0.3) is 0 Å². The molecule has 0 saturated carbocycles. The first-order valence-electron chi connectivity index (χ1n) is 7.83. The Balaban J connectivity index is 1.82. The number of nitrogens with zero attached hydrogens (tertiary/aromatic N) is 2. The smallest absolute Gasteiger partial charge is 0.213 e. The number of rotatable bonds is 7. The summed E-state index contributed by atoms with van der Waals surface area (Å²) in [5.41, 5.74) is 2.06. The maximum Gasteiger partial charge on any atom is 0.213 e. The zero-order valence-electron chi connectivity index (χ0n) is 14.4. The summed E-state index contributed by atoms with van der Waals surface area (Å²) in [5, 5.41) is 6.53. The molecular formula is C18H24N4O2. The number of aliphatic imine (C=N–C) groups is 1. The van der Waals surface area contributed by atoms with E-state index < -0.39 is 0 Å². The van der Waals surface area contributed by atoms with Crippen molar-refractivity contribution >= 4 is 5.96 Å². The van der Waals surface area contributed by atoms with Gasteiger partial charge in [0, 0.05) is 19.7 Å². The monoisotopic (exact) mass is 328 g/mol. The number of aromatic nitrogens is 1. The van der Waals surface area contributed by atoms with Crippen molar-refractivity contribution in [1.82, 2.24) is 15.6 Å². The molecule has 1 aromatic carbocycles. The third kappa shape index (κ3) is 5.15. The van der Waals surface area contributed by atoms with Crippen LogP contribution in [-0.4, -0.2) is 38.8 Å². The van der Waals surface area contributed by atoms with Gasteiger partial charge in [-0.1, -0.05) is 24.3 Å². The molecule has 0 atom stereocenters. The molecule has 1 aromatic heterocycles. The lowest BCUT2D eigenvalue weighted by molar-refractivity contribution is 0.396. The molecule has 0 saturated heterocycles. The molecular weight excluding hydrogens is 304 g/mol. The van der Waals surface area contributed by atoms with Crippen molar-refractivity contribution in [2.75, 3.05) is 27.8 Å². The molecule has 2 rings (SSSR count). The van der Waals surface area contributed by atoms with E-state index in [0.717, 1.165) is 35.9 Å². The fraction of sp³-hybridized carbons (Fsp3) is 0.333. The fourth-order valence-electron chi connectivity index (χ4n) is 2.29. The van der Waals surface area contributed by atoms with E-state index in [2.05, 4.69) is 26.7 Å². The van der Waals surface area contributed by atoms with Crippen LogP contribution in [0, 0.1) is 0 Å². The standard InChI is InChI=1S/C18H24N4O2/c1-19-18(21-13-15-8-6-10-17(22-15)24-3)20-12-11-14-7-4-5-9-16(14)23-2/h4-10H,11-13H2,1-3H3,(H2,19,20,21). The normalized spacial score (nSPS) is 11.0. The quantitative estimate of drug-likeness (QED) is 0.601. The van der Waals surface area contributed by atoms with E-state index in [1.807, 2.05) is 36.4 Å². The van der Waals surface area contributed by atoms with Crippen molar-refractivity contribution in [3.63, 3.8) is 0 Å².